The Morgan fingerprint density at radius 1 is 0.828 bits per heavy atom. The number of ether oxygens (including phenoxy) is 3. The molecule has 2 rings (SSSR count). The lowest BCUT2D eigenvalue weighted by Crippen LogP contribution is -2.81. The third-order valence-electron chi connectivity index (χ3n) is 4.96. The molecule has 0 aliphatic carbocycles. The Labute approximate surface area is 161 Å². The molecule has 0 bridgehead atoms. The van der Waals surface area contributed by atoms with Crippen LogP contribution in [-0.2, 0) is 23.8 Å². The molecule has 0 aromatic heterocycles. The monoisotopic (exact) mass is 430 g/mol. The average Bonchev–Trinajstić information content (AvgIpc) is 2.92. The zero-order valence-electron chi connectivity index (χ0n) is 14.6. The van der Waals surface area contributed by atoms with E-state index < -0.39 is 85.6 Å². The maximum Gasteiger partial charge on any atom is 0.368 e. The third-order valence-corrected chi connectivity index (χ3v) is 4.96. The topological polar surface area (TPSA) is 264 Å². The fourth-order valence-corrected chi connectivity index (χ4v) is 3.28. The largest absolute Gasteiger partial charge is 0.479 e. The summed E-state index contributed by atoms with van der Waals surface area (Å²) in [6, 6.07) is 0. The maximum atomic E-state index is 12.0. The first-order valence-corrected chi connectivity index (χ1v) is 8.18. The molecule has 0 aromatic rings. The number of carbonyl (C=O) groups is 2. The van der Waals surface area contributed by atoms with Crippen LogP contribution < -0.4 is 0 Å². The number of aliphatic hydroxyl groups excluding tert-OH is 7. The van der Waals surface area contributed by atoms with E-state index >= 15 is 0 Å². The smallest absolute Gasteiger partial charge is 0.368 e. The SMILES string of the molecule is O=C(O)[C@@]1(OC2(CO)O[C@H](CO)[C@@H](O)[C@@H]2O)O[C@H](CO)[C@@H](O)[C@H](O)[C@]1(O)C(=O)O. The van der Waals surface area contributed by atoms with E-state index in [0.29, 0.717) is 0 Å². The fraction of sp³-hybridized carbons (Fsp3) is 0.857. The standard InChI is InChI=1S/C14H22O15/c15-1-4-6(18)8(20)12(3-17,27-4)29-14(11(24)25)13(26,10(22)23)9(21)7(19)5(2-16)28-14/h4-9,15-21,26H,1-3H2,(H,22,23)(H,24,25)/t4-,5-,6-,7-,8+,9+,12?,13+,14+/m1/s1. The molecule has 10 N–H and O–H groups in total. The van der Waals surface area contributed by atoms with Gasteiger partial charge in [-0.05, 0) is 0 Å². The summed E-state index contributed by atoms with van der Waals surface area (Å²) < 4.78 is 14.8. The van der Waals surface area contributed by atoms with Gasteiger partial charge in [-0.2, -0.15) is 0 Å². The van der Waals surface area contributed by atoms with Crippen molar-refractivity contribution in [3.63, 3.8) is 0 Å². The van der Waals surface area contributed by atoms with Gasteiger partial charge in [-0.15, -0.1) is 0 Å². The Balaban J connectivity index is 2.66. The van der Waals surface area contributed by atoms with Crippen molar-refractivity contribution in [2.75, 3.05) is 19.8 Å². The molecular formula is C14H22O15. The Kier molecular flexibility index (Phi) is 6.53. The molecular weight excluding hydrogens is 408 g/mol. The van der Waals surface area contributed by atoms with Crippen LogP contribution in [0.15, 0.2) is 0 Å². The van der Waals surface area contributed by atoms with Crippen LogP contribution in [0.4, 0.5) is 0 Å². The van der Waals surface area contributed by atoms with E-state index in [1.165, 1.54) is 0 Å². The summed E-state index contributed by atoms with van der Waals surface area (Å²) in [6.45, 7) is -3.57. The van der Waals surface area contributed by atoms with Crippen molar-refractivity contribution in [2.24, 2.45) is 0 Å². The van der Waals surface area contributed by atoms with Gasteiger partial charge in [0.1, 0.15) is 43.2 Å². The maximum absolute atomic E-state index is 12.0. The third kappa shape index (κ3) is 3.20. The molecule has 1 unspecified atom stereocenters. The number of hydrogen-bond acceptors (Lipinski definition) is 13. The van der Waals surface area contributed by atoms with Gasteiger partial charge in [0.25, 0.3) is 5.60 Å². The molecule has 2 aliphatic rings. The molecule has 0 aromatic carbocycles. The van der Waals surface area contributed by atoms with Gasteiger partial charge in [0.2, 0.25) is 5.79 Å². The molecule has 2 saturated heterocycles. The summed E-state index contributed by atoms with van der Waals surface area (Å²) in [5.74, 6) is -11.7. The number of aliphatic carboxylic acids is 2. The number of carboxylic acid groups (broad SMARTS) is 2. The van der Waals surface area contributed by atoms with Gasteiger partial charge < -0.3 is 60.5 Å². The Morgan fingerprint density at radius 2 is 1.31 bits per heavy atom. The van der Waals surface area contributed by atoms with E-state index in [9.17, 15) is 60.7 Å². The van der Waals surface area contributed by atoms with E-state index in [0.717, 1.165) is 0 Å². The van der Waals surface area contributed by atoms with Crippen molar-refractivity contribution >= 4 is 11.9 Å². The lowest BCUT2D eigenvalue weighted by atomic mass is 9.79. The van der Waals surface area contributed by atoms with Gasteiger partial charge in [-0.25, -0.2) is 9.59 Å². The molecule has 0 radical (unpaired) electrons. The number of hydrogen-bond donors (Lipinski definition) is 10. The van der Waals surface area contributed by atoms with E-state index in [2.05, 4.69) is 0 Å². The van der Waals surface area contributed by atoms with Gasteiger partial charge in [-0.3, -0.25) is 4.74 Å². The first kappa shape index (κ1) is 23.8. The molecule has 0 spiro atoms. The molecule has 0 saturated carbocycles. The van der Waals surface area contributed by atoms with Crippen LogP contribution in [0.2, 0.25) is 0 Å². The minimum atomic E-state index is -3.96. The van der Waals surface area contributed by atoms with Crippen LogP contribution in [0.5, 0.6) is 0 Å². The molecule has 2 aliphatic heterocycles. The molecule has 9 atom stereocenters. The second-order valence-electron chi connectivity index (χ2n) is 6.61. The second kappa shape index (κ2) is 7.97. The van der Waals surface area contributed by atoms with Crippen molar-refractivity contribution in [2.45, 2.75) is 53.8 Å². The fourth-order valence-electron chi connectivity index (χ4n) is 3.28. The predicted octanol–water partition coefficient (Wildman–Crippen LogP) is -6.49. The summed E-state index contributed by atoms with van der Waals surface area (Å²) >= 11 is 0. The van der Waals surface area contributed by atoms with Gasteiger partial charge in [0, 0.05) is 0 Å². The molecule has 2 fully saturated rings. The van der Waals surface area contributed by atoms with Crippen molar-refractivity contribution < 1.29 is 74.9 Å². The summed E-state index contributed by atoms with van der Waals surface area (Å²) in [5, 5.41) is 97.8. The summed E-state index contributed by atoms with van der Waals surface area (Å²) in [7, 11) is 0. The summed E-state index contributed by atoms with van der Waals surface area (Å²) in [6.07, 6.45) is -13.0. The first-order chi connectivity index (χ1) is 13.4. The van der Waals surface area contributed by atoms with Crippen LogP contribution >= 0.6 is 0 Å². The molecule has 15 heteroatoms. The lowest BCUT2D eigenvalue weighted by Gasteiger charge is -2.52. The summed E-state index contributed by atoms with van der Waals surface area (Å²) in [5.41, 5.74) is -3.96. The Bertz CT molecular complexity index is 643. The predicted molar refractivity (Wildman–Crippen MR) is 81.8 cm³/mol. The van der Waals surface area contributed by atoms with Crippen LogP contribution in [-0.4, -0.2) is 137 Å². The van der Waals surface area contributed by atoms with E-state index in [-0.39, 0.29) is 0 Å². The highest BCUT2D eigenvalue weighted by atomic mass is 16.8. The van der Waals surface area contributed by atoms with Crippen molar-refractivity contribution in [3.8, 4) is 0 Å². The Hall–Kier alpha value is -1.50. The number of carboxylic acids is 2. The molecule has 29 heavy (non-hydrogen) atoms. The van der Waals surface area contributed by atoms with Crippen molar-refractivity contribution in [1.82, 2.24) is 0 Å². The van der Waals surface area contributed by atoms with Crippen LogP contribution in [0.1, 0.15) is 0 Å². The van der Waals surface area contributed by atoms with Crippen molar-refractivity contribution in [3.05, 3.63) is 0 Å². The molecule has 15 nitrogen and oxygen atoms in total. The average molecular weight is 430 g/mol. The van der Waals surface area contributed by atoms with Crippen molar-refractivity contribution in [1.29, 1.82) is 0 Å². The van der Waals surface area contributed by atoms with E-state index in [1.54, 1.807) is 0 Å². The molecule has 2 heterocycles. The second-order valence-corrected chi connectivity index (χ2v) is 6.61. The highest BCUT2D eigenvalue weighted by molar-refractivity contribution is 5.91. The van der Waals surface area contributed by atoms with Gasteiger partial charge in [-0.1, -0.05) is 0 Å². The quantitative estimate of drug-likeness (QED) is 0.180. The van der Waals surface area contributed by atoms with Gasteiger partial charge in [0.05, 0.1) is 13.2 Å². The highest BCUT2D eigenvalue weighted by Gasteiger charge is 2.77. The van der Waals surface area contributed by atoms with Crippen LogP contribution in [0.25, 0.3) is 0 Å². The Morgan fingerprint density at radius 3 is 1.69 bits per heavy atom. The van der Waals surface area contributed by atoms with Crippen LogP contribution in [0.3, 0.4) is 0 Å². The first-order valence-electron chi connectivity index (χ1n) is 8.18. The van der Waals surface area contributed by atoms with E-state index in [1.807, 2.05) is 0 Å². The van der Waals surface area contributed by atoms with E-state index in [4.69, 9.17) is 14.2 Å². The number of aliphatic hydroxyl groups is 8. The van der Waals surface area contributed by atoms with Crippen LogP contribution in [0, 0.1) is 0 Å². The summed E-state index contributed by atoms with van der Waals surface area (Å²) in [4.78, 5) is 23.7. The molecule has 0 amide bonds. The number of rotatable bonds is 7. The zero-order chi connectivity index (χ0) is 22.4. The zero-order valence-corrected chi connectivity index (χ0v) is 14.6. The lowest BCUT2D eigenvalue weighted by molar-refractivity contribution is -0.437. The minimum absolute atomic E-state index is 0.950. The van der Waals surface area contributed by atoms with Gasteiger partial charge >= 0.3 is 17.7 Å². The minimum Gasteiger partial charge on any atom is -0.479 e. The van der Waals surface area contributed by atoms with Gasteiger partial charge in [0.15, 0.2) is 0 Å². The molecule has 168 valence electrons. The normalized spacial score (nSPS) is 47.9. The highest BCUT2D eigenvalue weighted by Crippen LogP contribution is 2.45.